The third-order valence-corrected chi connectivity index (χ3v) is 3.91. The molecule has 1 atom stereocenters. The Kier molecular flexibility index (Phi) is 6.34. The maximum Gasteiger partial charge on any atom is 0.0469 e. The number of aliphatic hydroxyl groups excluding tert-OH is 1. The molecule has 1 aromatic rings. The third kappa shape index (κ3) is 4.94. The van der Waals surface area contributed by atoms with Crippen LogP contribution in [-0.4, -0.2) is 38.0 Å². The van der Waals surface area contributed by atoms with Gasteiger partial charge >= 0.3 is 0 Å². The van der Waals surface area contributed by atoms with E-state index in [0.717, 1.165) is 38.6 Å². The van der Waals surface area contributed by atoms with Crippen molar-refractivity contribution < 1.29 is 9.84 Å². The Balaban J connectivity index is 1.77. The number of nitrogens with one attached hydrogen (secondary N) is 1. The van der Waals surface area contributed by atoms with Crippen LogP contribution in [0, 0.1) is 5.92 Å². The van der Waals surface area contributed by atoms with Crippen LogP contribution >= 0.6 is 0 Å². The number of benzene rings is 1. The van der Waals surface area contributed by atoms with Gasteiger partial charge in [0.25, 0.3) is 0 Å². The minimum Gasteiger partial charge on any atom is -0.396 e. The first-order valence-electron chi connectivity index (χ1n) is 7.34. The number of ether oxygens (including phenoxy) is 1. The largest absolute Gasteiger partial charge is 0.396 e. The van der Waals surface area contributed by atoms with Crippen LogP contribution in [0.4, 0.5) is 0 Å². The van der Waals surface area contributed by atoms with Gasteiger partial charge < -0.3 is 15.2 Å². The SMILES string of the molecule is OCCC(CNCC1CCOCC1)c1ccccc1. The molecule has 3 heteroatoms. The summed E-state index contributed by atoms with van der Waals surface area (Å²) < 4.78 is 5.37. The topological polar surface area (TPSA) is 41.5 Å². The quantitative estimate of drug-likeness (QED) is 0.792. The monoisotopic (exact) mass is 263 g/mol. The predicted octanol–water partition coefficient (Wildman–Crippen LogP) is 2.17. The van der Waals surface area contributed by atoms with Crippen molar-refractivity contribution in [3.8, 4) is 0 Å². The Bertz CT molecular complexity index is 336. The van der Waals surface area contributed by atoms with Crippen molar-refractivity contribution in [2.45, 2.75) is 25.2 Å². The second-order valence-corrected chi connectivity index (χ2v) is 5.33. The van der Waals surface area contributed by atoms with Crippen molar-refractivity contribution in [1.29, 1.82) is 0 Å². The Morgan fingerprint density at radius 1 is 1.21 bits per heavy atom. The molecule has 1 saturated heterocycles. The molecule has 0 saturated carbocycles. The van der Waals surface area contributed by atoms with Crippen LogP contribution < -0.4 is 5.32 Å². The first-order chi connectivity index (χ1) is 9.40. The number of hydrogen-bond donors (Lipinski definition) is 2. The summed E-state index contributed by atoms with van der Waals surface area (Å²) in [6.07, 6.45) is 3.16. The van der Waals surface area contributed by atoms with E-state index in [1.54, 1.807) is 0 Å². The maximum atomic E-state index is 9.20. The van der Waals surface area contributed by atoms with Crippen molar-refractivity contribution >= 4 is 0 Å². The average Bonchev–Trinajstić information content (AvgIpc) is 2.48. The molecule has 1 unspecified atom stereocenters. The Morgan fingerprint density at radius 3 is 2.63 bits per heavy atom. The summed E-state index contributed by atoms with van der Waals surface area (Å²) in [6.45, 7) is 4.08. The Hall–Kier alpha value is -0.900. The lowest BCUT2D eigenvalue weighted by atomic mass is 9.95. The molecule has 0 bridgehead atoms. The molecule has 0 amide bonds. The maximum absolute atomic E-state index is 9.20. The van der Waals surface area contributed by atoms with Crippen molar-refractivity contribution in [1.82, 2.24) is 5.32 Å². The summed E-state index contributed by atoms with van der Waals surface area (Å²) in [4.78, 5) is 0. The van der Waals surface area contributed by atoms with Gasteiger partial charge in [-0.15, -0.1) is 0 Å². The van der Waals surface area contributed by atoms with Crippen molar-refractivity contribution in [3.63, 3.8) is 0 Å². The predicted molar refractivity (Wildman–Crippen MR) is 77.3 cm³/mol. The van der Waals surface area contributed by atoms with Crippen LogP contribution in [0.1, 0.15) is 30.7 Å². The first-order valence-corrected chi connectivity index (χ1v) is 7.34. The summed E-state index contributed by atoms with van der Waals surface area (Å²) >= 11 is 0. The summed E-state index contributed by atoms with van der Waals surface area (Å²) in [5, 5.41) is 12.8. The van der Waals surface area contributed by atoms with E-state index in [9.17, 15) is 5.11 Å². The number of aliphatic hydroxyl groups is 1. The van der Waals surface area contributed by atoms with Crippen molar-refractivity contribution in [2.75, 3.05) is 32.9 Å². The molecule has 1 aromatic carbocycles. The fourth-order valence-corrected chi connectivity index (χ4v) is 2.68. The minimum atomic E-state index is 0.249. The average molecular weight is 263 g/mol. The highest BCUT2D eigenvalue weighted by molar-refractivity contribution is 5.19. The van der Waals surface area contributed by atoms with Crippen LogP contribution in [0.5, 0.6) is 0 Å². The van der Waals surface area contributed by atoms with E-state index in [2.05, 4.69) is 29.6 Å². The first kappa shape index (κ1) is 14.5. The van der Waals surface area contributed by atoms with Crippen LogP contribution in [0.3, 0.4) is 0 Å². The van der Waals surface area contributed by atoms with Gasteiger partial charge in [0.2, 0.25) is 0 Å². The standard InChI is InChI=1S/C16H25NO2/c18-9-6-16(15-4-2-1-3-5-15)13-17-12-14-7-10-19-11-8-14/h1-5,14,16-18H,6-13H2. The number of hydrogen-bond acceptors (Lipinski definition) is 3. The van der Waals surface area contributed by atoms with E-state index >= 15 is 0 Å². The molecule has 19 heavy (non-hydrogen) atoms. The highest BCUT2D eigenvalue weighted by Crippen LogP contribution is 2.19. The smallest absolute Gasteiger partial charge is 0.0469 e. The van der Waals surface area contributed by atoms with Gasteiger partial charge in [-0.1, -0.05) is 30.3 Å². The lowest BCUT2D eigenvalue weighted by Gasteiger charge is -2.24. The Morgan fingerprint density at radius 2 is 1.95 bits per heavy atom. The van der Waals surface area contributed by atoms with Gasteiger partial charge in [-0.2, -0.15) is 0 Å². The molecule has 1 heterocycles. The van der Waals surface area contributed by atoms with Gasteiger partial charge in [0.15, 0.2) is 0 Å². The van der Waals surface area contributed by atoms with E-state index in [0.29, 0.717) is 5.92 Å². The Labute approximate surface area is 116 Å². The highest BCUT2D eigenvalue weighted by atomic mass is 16.5. The van der Waals surface area contributed by atoms with Crippen LogP contribution in [0.15, 0.2) is 30.3 Å². The third-order valence-electron chi connectivity index (χ3n) is 3.91. The van der Waals surface area contributed by atoms with E-state index in [1.807, 2.05) is 6.07 Å². The fourth-order valence-electron chi connectivity index (χ4n) is 2.68. The van der Waals surface area contributed by atoms with E-state index in [4.69, 9.17) is 4.74 Å². The van der Waals surface area contributed by atoms with Crippen LogP contribution in [0.2, 0.25) is 0 Å². The lowest BCUT2D eigenvalue weighted by Crippen LogP contribution is -2.30. The molecule has 0 aromatic heterocycles. The van der Waals surface area contributed by atoms with Crippen LogP contribution in [0.25, 0.3) is 0 Å². The molecule has 2 N–H and O–H groups in total. The summed E-state index contributed by atoms with van der Waals surface area (Å²) in [7, 11) is 0. The second kappa shape index (κ2) is 8.31. The molecule has 1 aliphatic heterocycles. The minimum absolute atomic E-state index is 0.249. The fraction of sp³-hybridized carbons (Fsp3) is 0.625. The molecule has 2 rings (SSSR count). The normalized spacial score (nSPS) is 18.4. The zero-order valence-electron chi connectivity index (χ0n) is 11.6. The van der Waals surface area contributed by atoms with Gasteiger partial charge in [0, 0.05) is 26.4 Å². The van der Waals surface area contributed by atoms with Crippen molar-refractivity contribution in [3.05, 3.63) is 35.9 Å². The van der Waals surface area contributed by atoms with Crippen molar-refractivity contribution in [2.24, 2.45) is 5.92 Å². The highest BCUT2D eigenvalue weighted by Gasteiger charge is 2.15. The molecule has 0 aliphatic carbocycles. The molecular formula is C16H25NO2. The zero-order valence-corrected chi connectivity index (χ0v) is 11.6. The molecule has 3 nitrogen and oxygen atoms in total. The van der Waals surface area contributed by atoms with Gasteiger partial charge in [0.1, 0.15) is 0 Å². The lowest BCUT2D eigenvalue weighted by molar-refractivity contribution is 0.0662. The second-order valence-electron chi connectivity index (χ2n) is 5.33. The molecule has 0 radical (unpaired) electrons. The van der Waals surface area contributed by atoms with Gasteiger partial charge in [0.05, 0.1) is 0 Å². The van der Waals surface area contributed by atoms with E-state index < -0.39 is 0 Å². The summed E-state index contributed by atoms with van der Waals surface area (Å²) in [6, 6.07) is 10.5. The summed E-state index contributed by atoms with van der Waals surface area (Å²) in [5.41, 5.74) is 1.32. The molecular weight excluding hydrogens is 238 g/mol. The molecule has 1 aliphatic rings. The molecule has 106 valence electrons. The summed E-state index contributed by atoms with van der Waals surface area (Å²) in [5.74, 6) is 1.16. The van der Waals surface area contributed by atoms with Gasteiger partial charge in [-0.25, -0.2) is 0 Å². The number of rotatable bonds is 7. The van der Waals surface area contributed by atoms with Gasteiger partial charge in [-0.3, -0.25) is 0 Å². The van der Waals surface area contributed by atoms with Crippen LogP contribution in [-0.2, 0) is 4.74 Å². The van der Waals surface area contributed by atoms with E-state index in [-0.39, 0.29) is 6.61 Å². The zero-order chi connectivity index (χ0) is 13.3. The van der Waals surface area contributed by atoms with E-state index in [1.165, 1.54) is 18.4 Å². The van der Waals surface area contributed by atoms with Gasteiger partial charge in [-0.05, 0) is 43.2 Å². The molecule has 1 fully saturated rings. The molecule has 0 spiro atoms.